The van der Waals surface area contributed by atoms with Gasteiger partial charge in [0, 0.05) is 20.1 Å². The van der Waals surface area contributed by atoms with Gasteiger partial charge in [-0.1, -0.05) is 24.3 Å². The average Bonchev–Trinajstić information content (AvgIpc) is 3.07. The second-order valence-corrected chi connectivity index (χ2v) is 6.43. The van der Waals surface area contributed by atoms with Crippen molar-refractivity contribution in [3.63, 3.8) is 0 Å². The lowest BCUT2D eigenvalue weighted by Gasteiger charge is -2.13. The van der Waals surface area contributed by atoms with Gasteiger partial charge in [0.1, 0.15) is 19.0 Å². The van der Waals surface area contributed by atoms with E-state index in [1.54, 1.807) is 0 Å². The SMILES string of the molecule is CCOc1ccccc1OCCn1c(CCNC(=O)COC)nc2ccccc21. The van der Waals surface area contributed by atoms with Gasteiger partial charge in [0.05, 0.1) is 24.2 Å². The number of hydrogen-bond acceptors (Lipinski definition) is 5. The number of methoxy groups -OCH3 is 1. The van der Waals surface area contributed by atoms with Crippen LogP contribution in [0.15, 0.2) is 48.5 Å². The Bertz CT molecular complexity index is 939. The summed E-state index contributed by atoms with van der Waals surface area (Å²) < 4.78 is 18.6. The van der Waals surface area contributed by atoms with E-state index in [9.17, 15) is 4.79 Å². The van der Waals surface area contributed by atoms with E-state index in [0.717, 1.165) is 28.4 Å². The highest BCUT2D eigenvalue weighted by atomic mass is 16.5. The Hall–Kier alpha value is -3.06. The summed E-state index contributed by atoms with van der Waals surface area (Å²) in [5, 5.41) is 2.84. The molecule has 0 bridgehead atoms. The zero-order valence-corrected chi connectivity index (χ0v) is 16.9. The third kappa shape index (κ3) is 5.48. The molecule has 0 atom stereocenters. The van der Waals surface area contributed by atoms with Gasteiger partial charge in [-0.3, -0.25) is 4.79 Å². The first-order valence-electron chi connectivity index (χ1n) is 9.77. The molecule has 7 heteroatoms. The van der Waals surface area contributed by atoms with Crippen LogP contribution in [0.5, 0.6) is 11.5 Å². The Morgan fingerprint density at radius 1 is 1.07 bits per heavy atom. The van der Waals surface area contributed by atoms with Crippen LogP contribution in [-0.4, -0.2) is 48.9 Å². The molecule has 0 fully saturated rings. The predicted octanol–water partition coefficient (Wildman–Crippen LogP) is 2.82. The summed E-state index contributed by atoms with van der Waals surface area (Å²) in [4.78, 5) is 16.3. The van der Waals surface area contributed by atoms with E-state index in [0.29, 0.717) is 32.7 Å². The zero-order chi connectivity index (χ0) is 20.5. The third-order valence-electron chi connectivity index (χ3n) is 4.40. The van der Waals surface area contributed by atoms with Crippen molar-refractivity contribution in [1.29, 1.82) is 0 Å². The molecule has 3 rings (SSSR count). The van der Waals surface area contributed by atoms with Crippen LogP contribution in [0.4, 0.5) is 0 Å². The van der Waals surface area contributed by atoms with Gasteiger partial charge >= 0.3 is 0 Å². The zero-order valence-electron chi connectivity index (χ0n) is 16.9. The molecule has 1 aromatic heterocycles. The van der Waals surface area contributed by atoms with Crippen molar-refractivity contribution in [2.75, 3.05) is 33.5 Å². The first kappa shape index (κ1) is 20.7. The van der Waals surface area contributed by atoms with Crippen molar-refractivity contribution in [1.82, 2.24) is 14.9 Å². The molecule has 0 spiro atoms. The highest BCUT2D eigenvalue weighted by Gasteiger charge is 2.12. The number of aromatic nitrogens is 2. The largest absolute Gasteiger partial charge is 0.490 e. The Morgan fingerprint density at radius 3 is 2.55 bits per heavy atom. The summed E-state index contributed by atoms with van der Waals surface area (Å²) in [6.07, 6.45) is 0.625. The summed E-state index contributed by atoms with van der Waals surface area (Å²) in [7, 11) is 1.50. The van der Waals surface area contributed by atoms with Gasteiger partial charge in [-0.2, -0.15) is 0 Å². The summed E-state index contributed by atoms with van der Waals surface area (Å²) in [6, 6.07) is 15.7. The van der Waals surface area contributed by atoms with E-state index in [1.807, 2.05) is 55.5 Å². The standard InChI is InChI=1S/C22H27N3O4/c1-3-28-19-10-6-7-11-20(19)29-15-14-25-18-9-5-4-8-17(18)24-21(25)12-13-23-22(26)16-27-2/h4-11H,3,12-16H2,1-2H3,(H,23,26). The smallest absolute Gasteiger partial charge is 0.245 e. The van der Waals surface area contributed by atoms with Gasteiger partial charge in [0.25, 0.3) is 0 Å². The van der Waals surface area contributed by atoms with Gasteiger partial charge in [0.2, 0.25) is 5.91 Å². The number of nitrogens with zero attached hydrogens (tertiary/aromatic N) is 2. The Kier molecular flexibility index (Phi) is 7.47. The third-order valence-corrected chi connectivity index (χ3v) is 4.40. The van der Waals surface area contributed by atoms with Crippen LogP contribution in [0.25, 0.3) is 11.0 Å². The molecule has 29 heavy (non-hydrogen) atoms. The van der Waals surface area contributed by atoms with Gasteiger partial charge in [-0.25, -0.2) is 4.98 Å². The first-order chi connectivity index (χ1) is 14.2. The van der Waals surface area contributed by atoms with Crippen molar-refractivity contribution < 1.29 is 19.0 Å². The predicted molar refractivity (Wildman–Crippen MR) is 111 cm³/mol. The Balaban J connectivity index is 1.68. The van der Waals surface area contributed by atoms with E-state index >= 15 is 0 Å². The van der Waals surface area contributed by atoms with Crippen LogP contribution < -0.4 is 14.8 Å². The molecular weight excluding hydrogens is 370 g/mol. The minimum absolute atomic E-state index is 0.0590. The molecule has 0 unspecified atom stereocenters. The number of rotatable bonds is 11. The molecule has 1 N–H and O–H groups in total. The second kappa shape index (κ2) is 10.5. The summed E-state index contributed by atoms with van der Waals surface area (Å²) in [6.45, 7) is 4.22. The topological polar surface area (TPSA) is 74.6 Å². The molecule has 2 aromatic carbocycles. The Morgan fingerprint density at radius 2 is 1.79 bits per heavy atom. The number of ether oxygens (including phenoxy) is 3. The van der Waals surface area contributed by atoms with Crippen LogP contribution >= 0.6 is 0 Å². The van der Waals surface area contributed by atoms with E-state index in [1.165, 1.54) is 7.11 Å². The maximum Gasteiger partial charge on any atom is 0.245 e. The minimum atomic E-state index is -0.133. The molecule has 0 aliphatic heterocycles. The summed E-state index contributed by atoms with van der Waals surface area (Å²) in [5.74, 6) is 2.25. The second-order valence-electron chi connectivity index (χ2n) is 6.43. The highest BCUT2D eigenvalue weighted by molar-refractivity contribution is 5.77. The maximum absolute atomic E-state index is 11.6. The van der Waals surface area contributed by atoms with Gasteiger partial charge in [0.15, 0.2) is 11.5 Å². The maximum atomic E-state index is 11.6. The molecule has 0 saturated heterocycles. The van der Waals surface area contributed by atoms with Crippen molar-refractivity contribution in [3.05, 3.63) is 54.4 Å². The Labute approximate surface area is 170 Å². The number of carbonyl (C=O) groups excluding carboxylic acids is 1. The van der Waals surface area contributed by atoms with Crippen LogP contribution in [0.3, 0.4) is 0 Å². The van der Waals surface area contributed by atoms with E-state index in [4.69, 9.17) is 19.2 Å². The molecule has 0 aliphatic carbocycles. The van der Waals surface area contributed by atoms with E-state index < -0.39 is 0 Å². The quantitative estimate of drug-likeness (QED) is 0.539. The van der Waals surface area contributed by atoms with Crippen LogP contribution in [-0.2, 0) is 22.5 Å². The molecule has 0 saturated carbocycles. The number of benzene rings is 2. The number of hydrogen-bond donors (Lipinski definition) is 1. The normalized spacial score (nSPS) is 10.8. The lowest BCUT2D eigenvalue weighted by molar-refractivity contribution is -0.124. The van der Waals surface area contributed by atoms with E-state index in [-0.39, 0.29) is 12.5 Å². The summed E-state index contributed by atoms with van der Waals surface area (Å²) in [5.41, 5.74) is 1.98. The molecule has 1 heterocycles. The fraction of sp³-hybridized carbons (Fsp3) is 0.364. The molecule has 154 valence electrons. The summed E-state index contributed by atoms with van der Waals surface area (Å²) >= 11 is 0. The highest BCUT2D eigenvalue weighted by Crippen LogP contribution is 2.26. The van der Waals surface area contributed by atoms with Gasteiger partial charge in [-0.15, -0.1) is 0 Å². The molecule has 3 aromatic rings. The van der Waals surface area contributed by atoms with Crippen molar-refractivity contribution in [2.24, 2.45) is 0 Å². The number of amides is 1. The van der Waals surface area contributed by atoms with Gasteiger partial charge < -0.3 is 24.1 Å². The van der Waals surface area contributed by atoms with Crippen LogP contribution in [0, 0.1) is 0 Å². The van der Waals surface area contributed by atoms with Crippen LogP contribution in [0.2, 0.25) is 0 Å². The van der Waals surface area contributed by atoms with Crippen molar-refractivity contribution in [3.8, 4) is 11.5 Å². The molecule has 1 amide bonds. The van der Waals surface area contributed by atoms with Gasteiger partial charge in [-0.05, 0) is 31.2 Å². The molecule has 0 aliphatic rings. The number of carbonyl (C=O) groups is 1. The van der Waals surface area contributed by atoms with E-state index in [2.05, 4.69) is 9.88 Å². The monoisotopic (exact) mass is 397 g/mol. The van der Waals surface area contributed by atoms with Crippen molar-refractivity contribution in [2.45, 2.75) is 19.9 Å². The number of fused-ring (bicyclic) bond motifs is 1. The lowest BCUT2D eigenvalue weighted by Crippen LogP contribution is -2.29. The molecular formula is C22H27N3O4. The lowest BCUT2D eigenvalue weighted by atomic mass is 10.3. The van der Waals surface area contributed by atoms with Crippen molar-refractivity contribution >= 4 is 16.9 Å². The molecule has 7 nitrogen and oxygen atoms in total. The molecule has 0 radical (unpaired) electrons. The number of nitrogens with one attached hydrogen (secondary N) is 1. The average molecular weight is 397 g/mol. The fourth-order valence-corrected chi connectivity index (χ4v) is 3.15. The van der Waals surface area contributed by atoms with Crippen LogP contribution in [0.1, 0.15) is 12.7 Å². The first-order valence-corrected chi connectivity index (χ1v) is 9.77. The minimum Gasteiger partial charge on any atom is -0.490 e. The fourth-order valence-electron chi connectivity index (χ4n) is 3.15. The number of imidazole rings is 1. The number of para-hydroxylation sites is 4.